The topological polar surface area (TPSA) is 65.3 Å². The molecule has 1 aliphatic heterocycles. The van der Waals surface area contributed by atoms with Gasteiger partial charge in [-0.2, -0.15) is 5.26 Å². The van der Waals surface area contributed by atoms with E-state index in [0.29, 0.717) is 19.8 Å². The van der Waals surface area contributed by atoms with Gasteiger partial charge in [0.25, 0.3) is 0 Å². The number of ether oxygens (including phenoxy) is 1. The minimum absolute atomic E-state index is 0.00555. The molecular formula is C12H14N2O2. The molecule has 0 fully saturated rings. The van der Waals surface area contributed by atoms with E-state index < -0.39 is 5.54 Å². The van der Waals surface area contributed by atoms with Gasteiger partial charge in [0.2, 0.25) is 0 Å². The van der Waals surface area contributed by atoms with E-state index in [1.165, 1.54) is 0 Å². The van der Waals surface area contributed by atoms with Crippen molar-refractivity contribution in [2.24, 2.45) is 0 Å². The molecule has 1 heterocycles. The second-order valence-electron chi connectivity index (χ2n) is 3.82. The number of hydrogen-bond acceptors (Lipinski definition) is 4. The lowest BCUT2D eigenvalue weighted by molar-refractivity contribution is 0.0564. The molecule has 1 aliphatic rings. The highest BCUT2D eigenvalue weighted by Gasteiger charge is 2.36. The van der Waals surface area contributed by atoms with Crippen LogP contribution in [0.25, 0.3) is 0 Å². The van der Waals surface area contributed by atoms with E-state index in [9.17, 15) is 5.26 Å². The lowest BCUT2D eigenvalue weighted by Crippen LogP contribution is -2.48. The van der Waals surface area contributed by atoms with Crippen molar-refractivity contribution < 1.29 is 9.84 Å². The summed E-state index contributed by atoms with van der Waals surface area (Å²) in [7, 11) is 0. The van der Waals surface area contributed by atoms with Gasteiger partial charge in [-0.1, -0.05) is 24.3 Å². The predicted molar refractivity (Wildman–Crippen MR) is 58.5 cm³/mol. The zero-order valence-corrected chi connectivity index (χ0v) is 8.94. The molecule has 0 aromatic heterocycles. The standard InChI is InChI=1S/C12H14N2O2/c13-8-12(14-5-6-15)9-16-7-10-3-1-2-4-11(10)12/h1-4,14-15H,5-7,9H2. The Balaban J connectivity index is 2.38. The van der Waals surface area contributed by atoms with Gasteiger partial charge in [0, 0.05) is 6.54 Å². The Morgan fingerprint density at radius 3 is 3.06 bits per heavy atom. The van der Waals surface area contributed by atoms with Crippen molar-refractivity contribution in [3.63, 3.8) is 0 Å². The molecule has 0 saturated heterocycles. The zero-order chi connectivity index (χ0) is 11.4. The molecule has 0 amide bonds. The van der Waals surface area contributed by atoms with Crippen molar-refractivity contribution in [1.29, 1.82) is 5.26 Å². The van der Waals surface area contributed by atoms with Crippen molar-refractivity contribution in [3.05, 3.63) is 35.4 Å². The predicted octanol–water partition coefficient (Wildman–Crippen LogP) is 0.518. The molecule has 16 heavy (non-hydrogen) atoms. The molecule has 4 nitrogen and oxygen atoms in total. The molecule has 2 N–H and O–H groups in total. The van der Waals surface area contributed by atoms with E-state index in [1.54, 1.807) is 0 Å². The average molecular weight is 218 g/mol. The molecule has 0 aliphatic carbocycles. The van der Waals surface area contributed by atoms with Crippen LogP contribution in [0.15, 0.2) is 24.3 Å². The maximum absolute atomic E-state index is 9.34. The highest BCUT2D eigenvalue weighted by molar-refractivity contribution is 5.40. The number of nitrogens with zero attached hydrogens (tertiary/aromatic N) is 1. The Kier molecular flexibility index (Phi) is 3.20. The van der Waals surface area contributed by atoms with E-state index in [2.05, 4.69) is 11.4 Å². The Hall–Kier alpha value is -1.41. The van der Waals surface area contributed by atoms with Crippen molar-refractivity contribution >= 4 is 0 Å². The van der Waals surface area contributed by atoms with E-state index in [4.69, 9.17) is 9.84 Å². The fraction of sp³-hybridized carbons (Fsp3) is 0.417. The van der Waals surface area contributed by atoms with Gasteiger partial charge in [-0.05, 0) is 11.1 Å². The van der Waals surface area contributed by atoms with Crippen LogP contribution in [0.3, 0.4) is 0 Å². The van der Waals surface area contributed by atoms with Crippen LogP contribution in [0.4, 0.5) is 0 Å². The average Bonchev–Trinajstić information content (AvgIpc) is 2.36. The molecule has 2 rings (SSSR count). The summed E-state index contributed by atoms with van der Waals surface area (Å²) in [6.07, 6.45) is 0. The molecule has 4 heteroatoms. The quantitative estimate of drug-likeness (QED) is 0.776. The van der Waals surface area contributed by atoms with Crippen molar-refractivity contribution in [2.75, 3.05) is 19.8 Å². The van der Waals surface area contributed by atoms with E-state index >= 15 is 0 Å². The highest BCUT2D eigenvalue weighted by atomic mass is 16.5. The number of fused-ring (bicyclic) bond motifs is 1. The summed E-state index contributed by atoms with van der Waals surface area (Å²) in [6.45, 7) is 1.25. The van der Waals surface area contributed by atoms with Gasteiger partial charge >= 0.3 is 0 Å². The number of hydrogen-bond donors (Lipinski definition) is 2. The van der Waals surface area contributed by atoms with Crippen LogP contribution in [0.2, 0.25) is 0 Å². The molecule has 1 unspecified atom stereocenters. The summed E-state index contributed by atoms with van der Waals surface area (Å²) in [5.41, 5.74) is 1.16. The number of aliphatic hydroxyl groups is 1. The van der Waals surface area contributed by atoms with Gasteiger partial charge in [-0.25, -0.2) is 0 Å². The second kappa shape index (κ2) is 4.62. The van der Waals surface area contributed by atoms with Gasteiger partial charge < -0.3 is 9.84 Å². The third kappa shape index (κ3) is 1.81. The molecule has 0 saturated carbocycles. The van der Waals surface area contributed by atoms with Crippen LogP contribution in [-0.4, -0.2) is 24.9 Å². The summed E-state index contributed by atoms with van der Waals surface area (Å²) in [4.78, 5) is 0. The first-order valence-electron chi connectivity index (χ1n) is 5.26. The van der Waals surface area contributed by atoms with E-state index in [-0.39, 0.29) is 6.61 Å². The van der Waals surface area contributed by atoms with Crippen LogP contribution >= 0.6 is 0 Å². The number of aliphatic hydroxyl groups excluding tert-OH is 1. The SMILES string of the molecule is N#CC1(NCCO)COCc2ccccc21. The smallest absolute Gasteiger partial charge is 0.156 e. The summed E-state index contributed by atoms with van der Waals surface area (Å²) in [5, 5.41) is 21.2. The molecule has 1 aromatic rings. The summed E-state index contributed by atoms with van der Waals surface area (Å²) >= 11 is 0. The minimum Gasteiger partial charge on any atom is -0.395 e. The zero-order valence-electron chi connectivity index (χ0n) is 8.94. The van der Waals surface area contributed by atoms with Gasteiger partial charge in [-0.15, -0.1) is 0 Å². The van der Waals surface area contributed by atoms with E-state index in [1.807, 2.05) is 24.3 Å². The number of nitriles is 1. The van der Waals surface area contributed by atoms with Gasteiger partial charge in [0.05, 0.1) is 25.9 Å². The molecular weight excluding hydrogens is 204 g/mol. The van der Waals surface area contributed by atoms with E-state index in [0.717, 1.165) is 11.1 Å². The first-order valence-corrected chi connectivity index (χ1v) is 5.26. The first-order chi connectivity index (χ1) is 7.82. The normalized spacial score (nSPS) is 23.5. The minimum atomic E-state index is -0.822. The maximum Gasteiger partial charge on any atom is 0.156 e. The fourth-order valence-electron chi connectivity index (χ4n) is 2.00. The number of rotatable bonds is 3. The van der Waals surface area contributed by atoms with Gasteiger partial charge in [0.15, 0.2) is 5.54 Å². The van der Waals surface area contributed by atoms with Gasteiger partial charge in [0.1, 0.15) is 0 Å². The van der Waals surface area contributed by atoms with Crippen molar-refractivity contribution in [2.45, 2.75) is 12.1 Å². The summed E-state index contributed by atoms with van der Waals surface area (Å²) in [6, 6.07) is 10.0. The summed E-state index contributed by atoms with van der Waals surface area (Å²) < 4.78 is 5.43. The molecule has 84 valence electrons. The Labute approximate surface area is 94.5 Å². The lowest BCUT2D eigenvalue weighted by atomic mass is 9.86. The van der Waals surface area contributed by atoms with Crippen molar-refractivity contribution in [1.82, 2.24) is 5.32 Å². The number of benzene rings is 1. The van der Waals surface area contributed by atoms with Crippen LogP contribution in [0.5, 0.6) is 0 Å². The monoisotopic (exact) mass is 218 g/mol. The fourth-order valence-corrected chi connectivity index (χ4v) is 2.00. The lowest BCUT2D eigenvalue weighted by Gasteiger charge is -2.33. The maximum atomic E-state index is 9.34. The largest absolute Gasteiger partial charge is 0.395 e. The third-order valence-electron chi connectivity index (χ3n) is 2.78. The van der Waals surface area contributed by atoms with Gasteiger partial charge in [-0.3, -0.25) is 5.32 Å². The van der Waals surface area contributed by atoms with Crippen LogP contribution in [0.1, 0.15) is 11.1 Å². The Morgan fingerprint density at radius 2 is 2.31 bits per heavy atom. The van der Waals surface area contributed by atoms with Crippen LogP contribution in [-0.2, 0) is 16.9 Å². The number of nitrogens with one attached hydrogen (secondary N) is 1. The second-order valence-corrected chi connectivity index (χ2v) is 3.82. The van der Waals surface area contributed by atoms with Crippen molar-refractivity contribution in [3.8, 4) is 6.07 Å². The molecule has 0 bridgehead atoms. The van der Waals surface area contributed by atoms with Crippen LogP contribution < -0.4 is 5.32 Å². The highest BCUT2D eigenvalue weighted by Crippen LogP contribution is 2.29. The molecule has 0 spiro atoms. The summed E-state index contributed by atoms with van der Waals surface area (Å²) in [5.74, 6) is 0. The first kappa shape index (κ1) is 11.1. The molecule has 0 radical (unpaired) electrons. The Morgan fingerprint density at radius 1 is 1.50 bits per heavy atom. The molecule has 1 atom stereocenters. The van der Waals surface area contributed by atoms with Crippen LogP contribution in [0, 0.1) is 11.3 Å². The third-order valence-corrected chi connectivity index (χ3v) is 2.78. The Bertz CT molecular complexity index is 414. The molecule has 1 aromatic carbocycles.